The number of benzene rings is 1. The first-order chi connectivity index (χ1) is 18.6. The number of allylic oxidation sites excluding steroid dienone is 1. The van der Waals surface area contributed by atoms with Crippen LogP contribution in [0.4, 0.5) is 4.39 Å². The fraction of sp³-hybridized carbons (Fsp3) is 0.464. The fourth-order valence-corrected chi connectivity index (χ4v) is 4.97. The van der Waals surface area contributed by atoms with Crippen LogP contribution in [-0.2, 0) is 28.6 Å². The summed E-state index contributed by atoms with van der Waals surface area (Å²) in [6.45, 7) is 11.9. The molecule has 0 fully saturated rings. The molecule has 0 saturated heterocycles. The Bertz CT molecular complexity index is 1300. The van der Waals surface area contributed by atoms with Gasteiger partial charge in [-0.1, -0.05) is 22.0 Å². The average Bonchev–Trinajstić information content (AvgIpc) is 3.35. The summed E-state index contributed by atoms with van der Waals surface area (Å²) in [5.74, 6) is -3.91. The Morgan fingerprint density at radius 3 is 2.23 bits per heavy atom. The molecule has 1 aromatic carbocycles. The zero-order valence-electron chi connectivity index (χ0n) is 23.5. The maximum Gasteiger partial charge on any atom is 0.338 e. The van der Waals surface area contributed by atoms with Gasteiger partial charge >= 0.3 is 17.9 Å². The lowest BCUT2D eigenvalue weighted by atomic mass is 9.91. The monoisotopic (exact) mass is 637 g/mol. The predicted octanol–water partition coefficient (Wildman–Crippen LogP) is 5.64. The summed E-state index contributed by atoms with van der Waals surface area (Å²) in [5.41, 5.74) is -1.02. The minimum absolute atomic E-state index is 0.0616. The summed E-state index contributed by atoms with van der Waals surface area (Å²) in [6, 6.07) is 3.06. The normalized spacial score (nSPS) is 15.8. The van der Waals surface area contributed by atoms with E-state index < -0.39 is 46.9 Å². The number of hydrogen-bond donors (Lipinski definition) is 1. The van der Waals surface area contributed by atoms with Crippen LogP contribution in [0.15, 0.2) is 50.5 Å². The molecule has 1 atom stereocenters. The Morgan fingerprint density at radius 1 is 1.10 bits per heavy atom. The Morgan fingerprint density at radius 2 is 1.73 bits per heavy atom. The molecule has 0 bridgehead atoms. The molecular formula is C28H33BrFN3O6S. The molecule has 40 heavy (non-hydrogen) atoms. The van der Waals surface area contributed by atoms with E-state index in [4.69, 9.17) is 19.2 Å². The summed E-state index contributed by atoms with van der Waals surface area (Å²) in [4.78, 5) is 49.2. The number of aromatic nitrogens is 1. The van der Waals surface area contributed by atoms with Crippen LogP contribution < -0.4 is 5.32 Å². The van der Waals surface area contributed by atoms with Crippen molar-refractivity contribution < 1.29 is 33.0 Å². The van der Waals surface area contributed by atoms with Gasteiger partial charge in [0, 0.05) is 28.2 Å². The Balaban J connectivity index is 2.21. The van der Waals surface area contributed by atoms with Crippen LogP contribution >= 0.6 is 27.3 Å². The van der Waals surface area contributed by atoms with Crippen molar-refractivity contribution in [2.75, 3.05) is 6.61 Å². The first kappa shape index (κ1) is 31.4. The largest absolute Gasteiger partial charge is 0.463 e. The molecule has 0 spiro atoms. The lowest BCUT2D eigenvalue weighted by Gasteiger charge is -2.30. The fourth-order valence-electron chi connectivity index (χ4n) is 3.82. The highest BCUT2D eigenvalue weighted by atomic mass is 79.9. The topological polar surface area (TPSA) is 116 Å². The van der Waals surface area contributed by atoms with Crippen molar-refractivity contribution in [3.63, 3.8) is 0 Å². The molecule has 3 rings (SSSR count). The standard InChI is InChI=1S/C28H33BrFN3O6S/c1-8-37-26(36)20-19(14-17(24(34)38-27(2,3)4)25(35)39-28(5,6)7)32-22(23-31-11-12-40-23)33-21(20)16-10-9-15(30)13-18(16)29/h9-13,17,21H,8,14H2,1-7H3,(H,32,33). The van der Waals surface area contributed by atoms with Gasteiger partial charge in [-0.05, 0) is 66.2 Å². The lowest BCUT2D eigenvalue weighted by Crippen LogP contribution is -2.40. The van der Waals surface area contributed by atoms with Gasteiger partial charge in [-0.25, -0.2) is 14.2 Å². The van der Waals surface area contributed by atoms with Crippen LogP contribution in [0.2, 0.25) is 0 Å². The van der Waals surface area contributed by atoms with E-state index in [2.05, 4.69) is 26.2 Å². The van der Waals surface area contributed by atoms with Crippen LogP contribution in [0.25, 0.3) is 0 Å². The molecule has 9 nitrogen and oxygen atoms in total. The van der Waals surface area contributed by atoms with E-state index in [1.165, 1.54) is 29.5 Å². The number of esters is 3. The highest BCUT2D eigenvalue weighted by molar-refractivity contribution is 9.10. The first-order valence-corrected chi connectivity index (χ1v) is 14.3. The molecule has 1 N–H and O–H groups in total. The third kappa shape index (κ3) is 8.20. The van der Waals surface area contributed by atoms with Gasteiger partial charge in [0.2, 0.25) is 0 Å². The zero-order chi connectivity index (χ0) is 29.8. The number of rotatable bonds is 8. The Hall–Kier alpha value is -3.12. The molecule has 0 aliphatic carbocycles. The summed E-state index contributed by atoms with van der Waals surface area (Å²) >= 11 is 4.69. The molecule has 0 amide bonds. The minimum Gasteiger partial charge on any atom is -0.463 e. The van der Waals surface area contributed by atoms with Crippen molar-refractivity contribution >= 4 is 51.0 Å². The molecule has 216 valence electrons. The molecule has 12 heteroatoms. The number of aliphatic imine (C=N–C) groups is 1. The molecule has 2 heterocycles. The SMILES string of the molecule is CCOC(=O)C1=C(CC(C(=O)OC(C)(C)C)C(=O)OC(C)(C)C)NC(c2nccs2)=NC1c1ccc(F)cc1Br. The molecule has 2 aromatic rings. The molecule has 1 unspecified atom stereocenters. The number of amidine groups is 1. The summed E-state index contributed by atoms with van der Waals surface area (Å²) in [5, 5.41) is 5.38. The first-order valence-electron chi connectivity index (χ1n) is 12.6. The minimum atomic E-state index is -1.42. The number of nitrogens with zero attached hydrogens (tertiary/aromatic N) is 2. The Labute approximate surface area is 245 Å². The van der Waals surface area contributed by atoms with Crippen molar-refractivity contribution in [3.05, 3.63) is 61.9 Å². The molecule has 0 radical (unpaired) electrons. The van der Waals surface area contributed by atoms with Gasteiger partial charge < -0.3 is 19.5 Å². The van der Waals surface area contributed by atoms with Crippen LogP contribution in [-0.4, -0.2) is 46.5 Å². The summed E-state index contributed by atoms with van der Waals surface area (Å²) < 4.78 is 30.9. The number of thiazole rings is 1. The van der Waals surface area contributed by atoms with Gasteiger partial charge in [0.05, 0.1) is 12.2 Å². The number of nitrogens with one attached hydrogen (secondary N) is 1. The third-order valence-electron chi connectivity index (χ3n) is 5.30. The second kappa shape index (κ2) is 12.6. The van der Waals surface area contributed by atoms with Crippen molar-refractivity contribution in [1.82, 2.24) is 10.3 Å². The molecule has 1 aliphatic heterocycles. The van der Waals surface area contributed by atoms with Gasteiger partial charge in [0.1, 0.15) is 23.1 Å². The lowest BCUT2D eigenvalue weighted by molar-refractivity contribution is -0.174. The van der Waals surface area contributed by atoms with Gasteiger partial charge in [0.15, 0.2) is 16.8 Å². The van der Waals surface area contributed by atoms with Crippen LogP contribution in [0, 0.1) is 11.7 Å². The number of carbonyl (C=O) groups is 3. The van der Waals surface area contributed by atoms with Gasteiger partial charge in [-0.2, -0.15) is 0 Å². The smallest absolute Gasteiger partial charge is 0.338 e. The van der Waals surface area contributed by atoms with E-state index in [1.54, 1.807) is 60.0 Å². The number of carbonyl (C=O) groups excluding carboxylic acids is 3. The van der Waals surface area contributed by atoms with Crippen molar-refractivity contribution in [2.24, 2.45) is 10.9 Å². The molecule has 1 aromatic heterocycles. The van der Waals surface area contributed by atoms with E-state index in [1.807, 2.05) is 0 Å². The number of halogens is 2. The van der Waals surface area contributed by atoms with E-state index in [-0.39, 0.29) is 24.3 Å². The van der Waals surface area contributed by atoms with E-state index in [9.17, 15) is 18.8 Å². The zero-order valence-corrected chi connectivity index (χ0v) is 25.9. The summed E-state index contributed by atoms with van der Waals surface area (Å²) in [6.07, 6.45) is 1.32. The van der Waals surface area contributed by atoms with Gasteiger partial charge in [-0.3, -0.25) is 14.6 Å². The predicted molar refractivity (Wildman–Crippen MR) is 152 cm³/mol. The van der Waals surface area contributed by atoms with Crippen molar-refractivity contribution in [1.29, 1.82) is 0 Å². The Kier molecular flexibility index (Phi) is 9.89. The average molecular weight is 639 g/mol. The quantitative estimate of drug-likeness (QED) is 0.224. The van der Waals surface area contributed by atoms with Gasteiger partial charge in [0.25, 0.3) is 0 Å². The van der Waals surface area contributed by atoms with Gasteiger partial charge in [-0.15, -0.1) is 11.3 Å². The molecular weight excluding hydrogens is 605 g/mol. The van der Waals surface area contributed by atoms with Crippen LogP contribution in [0.1, 0.15) is 71.5 Å². The van der Waals surface area contributed by atoms with Crippen LogP contribution in [0.5, 0.6) is 0 Å². The van der Waals surface area contributed by atoms with Crippen molar-refractivity contribution in [2.45, 2.75) is 72.1 Å². The highest BCUT2D eigenvalue weighted by Gasteiger charge is 2.40. The number of ether oxygens (including phenoxy) is 3. The number of hydrogen-bond acceptors (Lipinski definition) is 10. The van der Waals surface area contributed by atoms with Crippen molar-refractivity contribution in [3.8, 4) is 0 Å². The second-order valence-corrected chi connectivity index (χ2v) is 12.7. The van der Waals surface area contributed by atoms with E-state index >= 15 is 0 Å². The highest BCUT2D eigenvalue weighted by Crippen LogP contribution is 2.38. The second-order valence-electron chi connectivity index (χ2n) is 10.9. The van der Waals surface area contributed by atoms with E-state index in [0.29, 0.717) is 20.9 Å². The maximum absolute atomic E-state index is 14.0. The van der Waals surface area contributed by atoms with Crippen LogP contribution in [0.3, 0.4) is 0 Å². The third-order valence-corrected chi connectivity index (χ3v) is 6.77. The van der Waals surface area contributed by atoms with E-state index in [0.717, 1.165) is 0 Å². The summed E-state index contributed by atoms with van der Waals surface area (Å²) in [7, 11) is 0. The maximum atomic E-state index is 14.0. The molecule has 1 aliphatic rings. The molecule has 0 saturated carbocycles.